The lowest BCUT2D eigenvalue weighted by molar-refractivity contribution is 0.531. The van der Waals surface area contributed by atoms with Crippen molar-refractivity contribution in [3.8, 4) is 11.4 Å². The summed E-state index contributed by atoms with van der Waals surface area (Å²) in [5.41, 5.74) is 3.80. The van der Waals surface area contributed by atoms with E-state index in [1.165, 1.54) is 0 Å². The maximum absolute atomic E-state index is 13.3. The average molecular weight is 438 g/mol. The monoisotopic (exact) mass is 437 g/mol. The molecule has 0 saturated carbocycles. The van der Waals surface area contributed by atoms with Gasteiger partial charge in [0.25, 0.3) is 5.56 Å². The Bertz CT molecular complexity index is 1330. The van der Waals surface area contributed by atoms with Gasteiger partial charge >= 0.3 is 0 Å². The van der Waals surface area contributed by atoms with Gasteiger partial charge in [-0.2, -0.15) is 0 Å². The van der Waals surface area contributed by atoms with Crippen LogP contribution in [-0.2, 0) is 18.4 Å². The third-order valence-electron chi connectivity index (χ3n) is 5.38. The fourth-order valence-electron chi connectivity index (χ4n) is 3.68. The average Bonchev–Trinajstić information content (AvgIpc) is 3.13. The van der Waals surface area contributed by atoms with Crippen molar-refractivity contribution in [2.45, 2.75) is 45.4 Å². The van der Waals surface area contributed by atoms with Crippen molar-refractivity contribution in [1.82, 2.24) is 14.3 Å². The minimum atomic E-state index is -1.26. The molecule has 6 nitrogen and oxygen atoms in total. The van der Waals surface area contributed by atoms with Gasteiger partial charge in [0.15, 0.2) is 0 Å². The maximum Gasteiger partial charge on any atom is 0.261 e. The highest BCUT2D eigenvalue weighted by Gasteiger charge is 2.29. The van der Waals surface area contributed by atoms with Crippen LogP contribution in [0, 0.1) is 6.92 Å². The van der Waals surface area contributed by atoms with Gasteiger partial charge in [-0.25, -0.2) is 4.98 Å². The van der Waals surface area contributed by atoms with Gasteiger partial charge < -0.3 is 8.97 Å². The predicted octanol–water partition coefficient (Wildman–Crippen LogP) is 4.77. The summed E-state index contributed by atoms with van der Waals surface area (Å²) in [5, 5.41) is 1.45. The number of para-hydroxylation sites is 1. The lowest BCUT2D eigenvalue weighted by Crippen LogP contribution is -2.40. The zero-order valence-corrected chi connectivity index (χ0v) is 19.5. The third-order valence-corrected chi connectivity index (χ3v) is 7.06. The van der Waals surface area contributed by atoms with Crippen molar-refractivity contribution in [3.05, 3.63) is 64.1 Å². The Labute approximate surface area is 184 Å². The minimum absolute atomic E-state index is 0.126. The Morgan fingerprint density at radius 2 is 1.90 bits per heavy atom. The van der Waals surface area contributed by atoms with Crippen LogP contribution in [0.4, 0.5) is 0 Å². The molecule has 0 amide bonds. The van der Waals surface area contributed by atoms with Gasteiger partial charge in [-0.3, -0.25) is 9.36 Å². The molecule has 0 aliphatic heterocycles. The first kappa shape index (κ1) is 21.6. The topological polar surface area (TPSA) is 83.1 Å². The number of furan rings is 1. The third kappa shape index (κ3) is 3.89. The van der Waals surface area contributed by atoms with Gasteiger partial charge in [-0.05, 0) is 52.3 Å². The van der Waals surface area contributed by atoms with Gasteiger partial charge in [-0.15, -0.1) is 4.72 Å². The molecule has 2 atom stereocenters. The minimum Gasteiger partial charge on any atom is -0.598 e. The van der Waals surface area contributed by atoms with E-state index in [9.17, 15) is 9.35 Å². The second-order valence-corrected chi connectivity index (χ2v) is 10.9. The molecule has 2 heterocycles. The molecule has 0 aliphatic rings. The van der Waals surface area contributed by atoms with E-state index in [1.807, 2.05) is 71.0 Å². The van der Waals surface area contributed by atoms with E-state index in [0.29, 0.717) is 16.7 Å². The number of nitrogens with one attached hydrogen (secondary N) is 1. The van der Waals surface area contributed by atoms with E-state index >= 15 is 0 Å². The van der Waals surface area contributed by atoms with Crippen LogP contribution in [0.2, 0.25) is 0 Å². The van der Waals surface area contributed by atoms with Crippen molar-refractivity contribution in [1.29, 1.82) is 0 Å². The zero-order chi connectivity index (χ0) is 22.5. The molecule has 4 aromatic rings. The highest BCUT2D eigenvalue weighted by molar-refractivity contribution is 7.90. The Balaban J connectivity index is 1.94. The van der Waals surface area contributed by atoms with Crippen LogP contribution in [0.1, 0.15) is 44.9 Å². The number of rotatable bonds is 4. The molecule has 2 aromatic heterocycles. The molecule has 0 aliphatic carbocycles. The number of hydrogen-bond donors (Lipinski definition) is 1. The van der Waals surface area contributed by atoms with Crippen LogP contribution in [0.3, 0.4) is 0 Å². The smallest absolute Gasteiger partial charge is 0.261 e. The second kappa shape index (κ2) is 7.82. The molecule has 0 radical (unpaired) electrons. The molecule has 2 aromatic carbocycles. The summed E-state index contributed by atoms with van der Waals surface area (Å²) in [6, 6.07) is 11.3. The van der Waals surface area contributed by atoms with Gasteiger partial charge in [0, 0.05) is 29.4 Å². The molecule has 7 heteroatoms. The molecule has 1 N–H and O–H groups in total. The Hall–Kier alpha value is -2.61. The summed E-state index contributed by atoms with van der Waals surface area (Å²) in [7, 11) is 1.73. The van der Waals surface area contributed by atoms with Crippen molar-refractivity contribution in [3.63, 3.8) is 0 Å². The normalized spacial score (nSPS) is 14.3. The maximum atomic E-state index is 13.3. The summed E-state index contributed by atoms with van der Waals surface area (Å²) in [5.74, 6) is 0.539. The number of hydrogen-bond acceptors (Lipinski definition) is 5. The van der Waals surface area contributed by atoms with Crippen molar-refractivity contribution >= 4 is 33.2 Å². The van der Waals surface area contributed by atoms with Crippen molar-refractivity contribution in [2.75, 3.05) is 0 Å². The standard InChI is InChI=1S/C24H27N3O3S/c1-14-11-17(15(2)26-31(29)24(3,4)5)21-18(12-14)23(28)27(6)22(25-21)19-13-30-20-10-8-7-9-16(19)20/h7-13,15,26H,1-6H3. The lowest BCUT2D eigenvalue weighted by Gasteiger charge is -2.27. The van der Waals surface area contributed by atoms with Gasteiger partial charge in [-0.1, -0.05) is 24.3 Å². The Kier molecular flexibility index (Phi) is 5.45. The highest BCUT2D eigenvalue weighted by Crippen LogP contribution is 2.31. The number of fused-ring (bicyclic) bond motifs is 2. The van der Waals surface area contributed by atoms with E-state index in [2.05, 4.69) is 4.72 Å². The molecular formula is C24H27N3O3S. The molecule has 0 saturated heterocycles. The van der Waals surface area contributed by atoms with Gasteiger partial charge in [0.2, 0.25) is 0 Å². The Morgan fingerprint density at radius 1 is 1.19 bits per heavy atom. The number of nitrogens with zero attached hydrogens (tertiary/aromatic N) is 2. The summed E-state index contributed by atoms with van der Waals surface area (Å²) in [6.45, 7) is 9.67. The van der Waals surface area contributed by atoms with Crippen LogP contribution >= 0.6 is 0 Å². The quantitative estimate of drug-likeness (QED) is 0.465. The van der Waals surface area contributed by atoms with E-state index in [4.69, 9.17) is 9.40 Å². The first-order chi connectivity index (χ1) is 14.6. The molecule has 31 heavy (non-hydrogen) atoms. The van der Waals surface area contributed by atoms with Crippen LogP contribution in [0.15, 0.2) is 51.9 Å². The van der Waals surface area contributed by atoms with E-state index in [-0.39, 0.29) is 11.6 Å². The summed E-state index contributed by atoms with van der Waals surface area (Å²) in [6.07, 6.45) is 1.64. The Morgan fingerprint density at radius 3 is 2.61 bits per heavy atom. The van der Waals surface area contributed by atoms with E-state index < -0.39 is 16.1 Å². The first-order valence-corrected chi connectivity index (χ1v) is 11.4. The van der Waals surface area contributed by atoms with Crippen molar-refractivity contribution < 1.29 is 8.97 Å². The largest absolute Gasteiger partial charge is 0.598 e. The fraction of sp³-hybridized carbons (Fsp3) is 0.333. The molecule has 4 rings (SSSR count). The number of aryl methyl sites for hydroxylation is 1. The summed E-state index contributed by atoms with van der Waals surface area (Å²) < 4.78 is 22.7. The van der Waals surface area contributed by atoms with Crippen LogP contribution in [0.5, 0.6) is 0 Å². The number of aromatic nitrogens is 2. The van der Waals surface area contributed by atoms with Gasteiger partial charge in [0.1, 0.15) is 22.4 Å². The molecule has 162 valence electrons. The second-order valence-electron chi connectivity index (χ2n) is 8.92. The van der Waals surface area contributed by atoms with Crippen molar-refractivity contribution in [2.24, 2.45) is 7.05 Å². The zero-order valence-electron chi connectivity index (χ0n) is 18.6. The van der Waals surface area contributed by atoms with E-state index in [1.54, 1.807) is 17.9 Å². The van der Waals surface area contributed by atoms with Gasteiger partial charge in [0.05, 0.1) is 22.5 Å². The fourth-order valence-corrected chi connectivity index (χ4v) is 4.48. The van der Waals surface area contributed by atoms with E-state index in [0.717, 1.165) is 27.7 Å². The highest BCUT2D eigenvalue weighted by atomic mass is 32.2. The SMILES string of the molecule is Cc1cc(C(C)N[S+]([O-])C(C)(C)C)c2nc(-c3coc4ccccc34)n(C)c(=O)c2c1. The first-order valence-electron chi connectivity index (χ1n) is 10.2. The molecular weight excluding hydrogens is 410 g/mol. The van der Waals surface area contributed by atoms with Crippen LogP contribution in [0.25, 0.3) is 33.3 Å². The molecule has 2 unspecified atom stereocenters. The molecule has 0 spiro atoms. The predicted molar refractivity (Wildman–Crippen MR) is 126 cm³/mol. The molecule has 0 bridgehead atoms. The molecule has 0 fully saturated rings. The number of benzene rings is 2. The van der Waals surface area contributed by atoms with Crippen LogP contribution < -0.4 is 10.3 Å². The summed E-state index contributed by atoms with van der Waals surface area (Å²) >= 11 is -1.26. The lowest BCUT2D eigenvalue weighted by atomic mass is 10.0. The van der Waals surface area contributed by atoms with Crippen LogP contribution in [-0.4, -0.2) is 18.9 Å². The summed E-state index contributed by atoms with van der Waals surface area (Å²) in [4.78, 5) is 18.2.